The first kappa shape index (κ1) is 13.5. The van der Waals surface area contributed by atoms with Crippen LogP contribution in [0, 0.1) is 0 Å². The molecule has 98 valence electrons. The number of aliphatic hydroxyl groups excluding tert-OH is 1. The molecule has 0 spiro atoms. The lowest BCUT2D eigenvalue weighted by Crippen LogP contribution is -2.04. The van der Waals surface area contributed by atoms with Gasteiger partial charge in [-0.25, -0.2) is 0 Å². The molecule has 0 fully saturated rings. The zero-order chi connectivity index (χ0) is 13.5. The van der Waals surface area contributed by atoms with Gasteiger partial charge in [0.25, 0.3) is 0 Å². The Bertz CT molecular complexity index is 519. The molecular weight excluding hydrogens is 234 g/mol. The molecule has 0 aliphatic carbocycles. The summed E-state index contributed by atoms with van der Waals surface area (Å²) in [7, 11) is 0. The molecule has 1 unspecified atom stereocenters. The molecule has 0 amide bonds. The van der Waals surface area contributed by atoms with Crippen molar-refractivity contribution in [3.63, 3.8) is 0 Å². The molecule has 1 N–H and O–H groups in total. The van der Waals surface area contributed by atoms with Crippen LogP contribution in [0.5, 0.6) is 0 Å². The Hall–Kier alpha value is -1.93. The third kappa shape index (κ3) is 4.34. The maximum atomic E-state index is 10.1. The lowest BCUT2D eigenvalue weighted by Gasteiger charge is -2.10. The van der Waals surface area contributed by atoms with E-state index in [1.807, 2.05) is 55.5 Å². The Morgan fingerprint density at radius 2 is 1.58 bits per heavy atom. The van der Waals surface area contributed by atoms with Gasteiger partial charge >= 0.3 is 0 Å². The first-order chi connectivity index (χ1) is 9.25. The summed E-state index contributed by atoms with van der Waals surface area (Å²) in [5.41, 5.74) is 3.10. The van der Waals surface area contributed by atoms with Crippen molar-refractivity contribution in [2.75, 3.05) is 0 Å². The van der Waals surface area contributed by atoms with Crippen molar-refractivity contribution in [2.45, 2.75) is 26.0 Å². The van der Waals surface area contributed by atoms with Gasteiger partial charge in [0, 0.05) is 12.1 Å². The van der Waals surface area contributed by atoms with E-state index < -0.39 is 6.10 Å². The van der Waals surface area contributed by atoms with Crippen LogP contribution >= 0.6 is 0 Å². The van der Waals surface area contributed by atoms with Crippen molar-refractivity contribution in [1.82, 2.24) is 0 Å². The van der Waals surface area contributed by atoms with Gasteiger partial charge in [-0.05, 0) is 18.1 Å². The van der Waals surface area contributed by atoms with Crippen molar-refractivity contribution in [2.24, 2.45) is 4.99 Å². The van der Waals surface area contributed by atoms with Crippen LogP contribution in [-0.4, -0.2) is 10.8 Å². The van der Waals surface area contributed by atoms with Gasteiger partial charge in [-0.2, -0.15) is 0 Å². The van der Waals surface area contributed by atoms with Crippen molar-refractivity contribution in [3.05, 3.63) is 71.8 Å². The fourth-order valence-corrected chi connectivity index (χ4v) is 1.95. The Morgan fingerprint density at radius 1 is 1.00 bits per heavy atom. The quantitative estimate of drug-likeness (QED) is 0.808. The van der Waals surface area contributed by atoms with E-state index in [4.69, 9.17) is 0 Å². The lowest BCUT2D eigenvalue weighted by molar-refractivity contribution is 0.186. The minimum Gasteiger partial charge on any atom is -0.388 e. The third-order valence-electron chi connectivity index (χ3n) is 3.05. The average Bonchev–Trinajstić information content (AvgIpc) is 2.47. The van der Waals surface area contributed by atoms with E-state index in [-0.39, 0.29) is 0 Å². The van der Waals surface area contributed by atoms with Crippen LogP contribution in [0.15, 0.2) is 65.7 Å². The number of nitrogens with zero attached hydrogens (tertiary/aromatic N) is 1. The molecule has 0 radical (unpaired) electrons. The number of aliphatic hydroxyl groups is 1. The highest BCUT2D eigenvalue weighted by Gasteiger charge is 2.07. The summed E-state index contributed by atoms with van der Waals surface area (Å²) in [5, 5.41) is 10.1. The molecule has 2 rings (SSSR count). The van der Waals surface area contributed by atoms with Crippen molar-refractivity contribution in [3.8, 4) is 0 Å². The van der Waals surface area contributed by atoms with E-state index in [9.17, 15) is 5.11 Å². The van der Waals surface area contributed by atoms with Crippen LogP contribution in [0.2, 0.25) is 0 Å². The lowest BCUT2D eigenvalue weighted by atomic mass is 10.0. The second kappa shape index (κ2) is 6.86. The maximum absolute atomic E-state index is 10.1. The topological polar surface area (TPSA) is 32.6 Å². The summed E-state index contributed by atoms with van der Waals surface area (Å²) < 4.78 is 0. The molecule has 0 saturated heterocycles. The van der Waals surface area contributed by atoms with Crippen LogP contribution < -0.4 is 0 Å². The van der Waals surface area contributed by atoms with Crippen LogP contribution in [0.4, 0.5) is 0 Å². The normalized spacial score (nSPS) is 13.3. The summed E-state index contributed by atoms with van der Waals surface area (Å²) in [5.74, 6) is 0. The highest BCUT2D eigenvalue weighted by molar-refractivity contribution is 5.82. The second-order valence-corrected chi connectivity index (χ2v) is 4.67. The van der Waals surface area contributed by atoms with Crippen LogP contribution in [0.3, 0.4) is 0 Å². The minimum atomic E-state index is -0.472. The molecule has 2 aromatic carbocycles. The third-order valence-corrected chi connectivity index (χ3v) is 3.05. The standard InChI is InChI=1S/C17H19NO/c1-14(18-13-15-8-4-2-5-9-15)12-17(19)16-10-6-3-7-11-16/h2-11,17,19H,12-13H2,1H3. The van der Waals surface area contributed by atoms with Crippen LogP contribution in [-0.2, 0) is 6.54 Å². The number of hydrogen-bond donors (Lipinski definition) is 1. The molecular formula is C17H19NO. The van der Waals surface area contributed by atoms with E-state index in [0.717, 1.165) is 11.3 Å². The Balaban J connectivity index is 1.92. The number of benzene rings is 2. The fraction of sp³-hybridized carbons (Fsp3) is 0.235. The summed E-state index contributed by atoms with van der Waals surface area (Å²) in [6, 6.07) is 19.9. The highest BCUT2D eigenvalue weighted by Crippen LogP contribution is 2.16. The molecule has 0 aromatic heterocycles. The second-order valence-electron chi connectivity index (χ2n) is 4.67. The predicted molar refractivity (Wildman–Crippen MR) is 79.3 cm³/mol. The monoisotopic (exact) mass is 253 g/mol. The van der Waals surface area contributed by atoms with Gasteiger partial charge in [-0.3, -0.25) is 4.99 Å². The largest absolute Gasteiger partial charge is 0.388 e. The van der Waals surface area contributed by atoms with Gasteiger partial charge < -0.3 is 5.11 Å². The first-order valence-corrected chi connectivity index (χ1v) is 6.52. The summed E-state index contributed by atoms with van der Waals surface area (Å²) in [6.45, 7) is 2.64. The minimum absolute atomic E-state index is 0.472. The van der Waals surface area contributed by atoms with Crippen LogP contribution in [0.1, 0.15) is 30.6 Å². The number of rotatable bonds is 5. The Morgan fingerprint density at radius 3 is 2.21 bits per heavy atom. The van der Waals surface area contributed by atoms with E-state index >= 15 is 0 Å². The van der Waals surface area contributed by atoms with Crippen molar-refractivity contribution in [1.29, 1.82) is 0 Å². The highest BCUT2D eigenvalue weighted by atomic mass is 16.3. The fourth-order valence-electron chi connectivity index (χ4n) is 1.95. The Labute approximate surface area is 114 Å². The maximum Gasteiger partial charge on any atom is 0.0841 e. The van der Waals surface area contributed by atoms with Gasteiger partial charge in [0.15, 0.2) is 0 Å². The zero-order valence-electron chi connectivity index (χ0n) is 11.2. The van der Waals surface area contributed by atoms with Crippen molar-refractivity contribution < 1.29 is 5.11 Å². The van der Waals surface area contributed by atoms with E-state index in [2.05, 4.69) is 17.1 Å². The first-order valence-electron chi connectivity index (χ1n) is 6.52. The molecule has 0 aliphatic rings. The predicted octanol–water partition coefficient (Wildman–Crippen LogP) is 3.77. The smallest absolute Gasteiger partial charge is 0.0841 e. The summed E-state index contributed by atoms with van der Waals surface area (Å²) in [4.78, 5) is 4.52. The average molecular weight is 253 g/mol. The molecule has 0 heterocycles. The van der Waals surface area contributed by atoms with E-state index in [1.165, 1.54) is 5.56 Å². The Kier molecular flexibility index (Phi) is 4.87. The van der Waals surface area contributed by atoms with Crippen LogP contribution in [0.25, 0.3) is 0 Å². The SMILES string of the molecule is CC(CC(O)c1ccccc1)=NCc1ccccc1. The van der Waals surface area contributed by atoms with Gasteiger partial charge in [0.1, 0.15) is 0 Å². The molecule has 1 atom stereocenters. The molecule has 0 aliphatic heterocycles. The van der Waals surface area contributed by atoms with Gasteiger partial charge in [-0.15, -0.1) is 0 Å². The van der Waals surface area contributed by atoms with Gasteiger partial charge in [-0.1, -0.05) is 60.7 Å². The molecule has 2 nitrogen and oxygen atoms in total. The van der Waals surface area contributed by atoms with E-state index in [0.29, 0.717) is 13.0 Å². The summed E-state index contributed by atoms with van der Waals surface area (Å²) in [6.07, 6.45) is 0.109. The zero-order valence-corrected chi connectivity index (χ0v) is 11.2. The molecule has 19 heavy (non-hydrogen) atoms. The molecule has 0 saturated carbocycles. The number of aliphatic imine (C=N–C) groups is 1. The van der Waals surface area contributed by atoms with E-state index in [1.54, 1.807) is 0 Å². The van der Waals surface area contributed by atoms with Gasteiger partial charge in [0.2, 0.25) is 0 Å². The number of hydrogen-bond acceptors (Lipinski definition) is 2. The van der Waals surface area contributed by atoms with Gasteiger partial charge in [0.05, 0.1) is 12.6 Å². The molecule has 0 bridgehead atoms. The summed E-state index contributed by atoms with van der Waals surface area (Å²) >= 11 is 0. The molecule has 2 heteroatoms. The van der Waals surface area contributed by atoms with Crippen molar-refractivity contribution >= 4 is 5.71 Å². The molecule has 2 aromatic rings.